The molecule has 1 heterocycles. The van der Waals surface area contributed by atoms with E-state index < -0.39 is 9.84 Å². The molecule has 1 saturated heterocycles. The molecule has 0 bridgehead atoms. The average molecular weight is 269 g/mol. The summed E-state index contributed by atoms with van der Waals surface area (Å²) in [4.78, 5) is 0. The van der Waals surface area contributed by atoms with Crippen molar-refractivity contribution in [1.29, 1.82) is 0 Å². The molecule has 100 valence electrons. The maximum absolute atomic E-state index is 11.3. The van der Waals surface area contributed by atoms with Crippen molar-refractivity contribution in [3.8, 4) is 5.75 Å². The molecular weight excluding hydrogens is 250 g/mol. The van der Waals surface area contributed by atoms with Gasteiger partial charge in [0.05, 0.1) is 17.6 Å². The van der Waals surface area contributed by atoms with Gasteiger partial charge in [0.2, 0.25) is 0 Å². The smallest absolute Gasteiger partial charge is 0.152 e. The SMILES string of the molecule is CC(C)Oc1ccc(NC2CCS(=O)(=O)C2)cc1. The lowest BCUT2D eigenvalue weighted by atomic mass is 10.2. The van der Waals surface area contributed by atoms with Gasteiger partial charge in [0.15, 0.2) is 9.84 Å². The van der Waals surface area contributed by atoms with Crippen molar-refractivity contribution in [2.75, 3.05) is 16.8 Å². The zero-order valence-electron chi connectivity index (χ0n) is 10.7. The Morgan fingerprint density at radius 3 is 2.44 bits per heavy atom. The van der Waals surface area contributed by atoms with Crippen LogP contribution in [0.2, 0.25) is 0 Å². The summed E-state index contributed by atoms with van der Waals surface area (Å²) in [5, 5.41) is 3.24. The molecule has 0 aromatic heterocycles. The van der Waals surface area contributed by atoms with Gasteiger partial charge in [-0.25, -0.2) is 8.42 Å². The highest BCUT2D eigenvalue weighted by Crippen LogP contribution is 2.20. The molecule has 4 nitrogen and oxygen atoms in total. The van der Waals surface area contributed by atoms with Crippen molar-refractivity contribution in [1.82, 2.24) is 0 Å². The first-order valence-corrected chi connectivity index (χ1v) is 8.00. The summed E-state index contributed by atoms with van der Waals surface area (Å²) < 4.78 is 28.2. The molecule has 2 rings (SSSR count). The number of rotatable bonds is 4. The first kappa shape index (κ1) is 13.2. The van der Waals surface area contributed by atoms with E-state index in [1.807, 2.05) is 38.1 Å². The van der Waals surface area contributed by atoms with E-state index in [0.717, 1.165) is 11.4 Å². The van der Waals surface area contributed by atoms with Crippen LogP contribution in [-0.2, 0) is 9.84 Å². The molecule has 1 atom stereocenters. The fourth-order valence-corrected chi connectivity index (χ4v) is 3.72. The van der Waals surface area contributed by atoms with Crippen LogP contribution in [0.4, 0.5) is 5.69 Å². The van der Waals surface area contributed by atoms with Gasteiger partial charge in [-0.3, -0.25) is 0 Å². The third-order valence-electron chi connectivity index (χ3n) is 2.83. The van der Waals surface area contributed by atoms with E-state index in [0.29, 0.717) is 12.2 Å². The summed E-state index contributed by atoms with van der Waals surface area (Å²) in [6, 6.07) is 7.66. The van der Waals surface area contributed by atoms with Gasteiger partial charge in [-0.1, -0.05) is 0 Å². The predicted octanol–water partition coefficient (Wildman–Crippen LogP) is 2.07. The quantitative estimate of drug-likeness (QED) is 0.909. The summed E-state index contributed by atoms with van der Waals surface area (Å²) in [6.07, 6.45) is 0.843. The third kappa shape index (κ3) is 3.63. The number of anilines is 1. The standard InChI is InChI=1S/C13H19NO3S/c1-10(2)17-13-5-3-11(4-6-13)14-12-7-8-18(15,16)9-12/h3-6,10,12,14H,7-9H2,1-2H3. The third-order valence-corrected chi connectivity index (χ3v) is 4.60. The Hall–Kier alpha value is -1.23. The molecule has 0 amide bonds. The highest BCUT2D eigenvalue weighted by molar-refractivity contribution is 7.91. The van der Waals surface area contributed by atoms with Crippen molar-refractivity contribution >= 4 is 15.5 Å². The lowest BCUT2D eigenvalue weighted by molar-refractivity contribution is 0.242. The van der Waals surface area contributed by atoms with E-state index in [1.165, 1.54) is 0 Å². The van der Waals surface area contributed by atoms with Crippen LogP contribution in [0.5, 0.6) is 5.75 Å². The molecule has 1 aliphatic rings. The topological polar surface area (TPSA) is 55.4 Å². The normalized spacial score (nSPS) is 22.1. The van der Waals surface area contributed by atoms with Gasteiger partial charge < -0.3 is 10.1 Å². The molecule has 0 radical (unpaired) electrons. The second-order valence-electron chi connectivity index (χ2n) is 4.94. The van der Waals surface area contributed by atoms with Crippen molar-refractivity contribution in [2.24, 2.45) is 0 Å². The van der Waals surface area contributed by atoms with E-state index in [4.69, 9.17) is 4.74 Å². The molecule has 0 spiro atoms. The van der Waals surface area contributed by atoms with E-state index in [1.54, 1.807) is 0 Å². The van der Waals surface area contributed by atoms with E-state index in [-0.39, 0.29) is 17.9 Å². The summed E-state index contributed by atoms with van der Waals surface area (Å²) in [5.74, 6) is 1.35. The van der Waals surface area contributed by atoms with Crippen LogP contribution in [0.25, 0.3) is 0 Å². The van der Waals surface area contributed by atoms with Crippen molar-refractivity contribution in [3.05, 3.63) is 24.3 Å². The molecule has 1 aromatic rings. The average Bonchev–Trinajstić information content (AvgIpc) is 2.60. The summed E-state index contributed by atoms with van der Waals surface area (Å²) >= 11 is 0. The number of hydrogen-bond donors (Lipinski definition) is 1. The van der Waals surface area contributed by atoms with Gasteiger partial charge in [-0.15, -0.1) is 0 Å². The van der Waals surface area contributed by atoms with Crippen LogP contribution >= 0.6 is 0 Å². The molecule has 0 aliphatic carbocycles. The first-order chi connectivity index (χ1) is 8.44. The van der Waals surface area contributed by atoms with Crippen LogP contribution < -0.4 is 10.1 Å². The van der Waals surface area contributed by atoms with Crippen LogP contribution in [0.1, 0.15) is 20.3 Å². The van der Waals surface area contributed by atoms with Gasteiger partial charge in [0, 0.05) is 11.7 Å². The van der Waals surface area contributed by atoms with Gasteiger partial charge in [-0.2, -0.15) is 0 Å². The van der Waals surface area contributed by atoms with Gasteiger partial charge in [0.1, 0.15) is 5.75 Å². The molecule has 1 unspecified atom stereocenters. The lowest BCUT2D eigenvalue weighted by Crippen LogP contribution is -2.20. The first-order valence-electron chi connectivity index (χ1n) is 6.18. The molecule has 0 saturated carbocycles. The molecule has 1 N–H and O–H groups in total. The molecule has 1 fully saturated rings. The summed E-state index contributed by atoms with van der Waals surface area (Å²) in [6.45, 7) is 3.96. The van der Waals surface area contributed by atoms with Gasteiger partial charge in [0.25, 0.3) is 0 Å². The fraction of sp³-hybridized carbons (Fsp3) is 0.538. The van der Waals surface area contributed by atoms with Gasteiger partial charge >= 0.3 is 0 Å². The Morgan fingerprint density at radius 2 is 1.94 bits per heavy atom. The minimum absolute atomic E-state index is 0.0341. The lowest BCUT2D eigenvalue weighted by Gasteiger charge is -2.14. The van der Waals surface area contributed by atoms with E-state index in [9.17, 15) is 8.42 Å². The minimum Gasteiger partial charge on any atom is -0.491 e. The van der Waals surface area contributed by atoms with Crippen LogP contribution in [0.15, 0.2) is 24.3 Å². The van der Waals surface area contributed by atoms with Crippen molar-refractivity contribution in [2.45, 2.75) is 32.4 Å². The fourth-order valence-electron chi connectivity index (χ4n) is 2.05. The predicted molar refractivity (Wildman–Crippen MR) is 72.9 cm³/mol. The molecule has 1 aliphatic heterocycles. The maximum atomic E-state index is 11.3. The highest BCUT2D eigenvalue weighted by Gasteiger charge is 2.27. The number of hydrogen-bond acceptors (Lipinski definition) is 4. The Kier molecular flexibility index (Phi) is 3.80. The summed E-state index contributed by atoms with van der Waals surface area (Å²) in [7, 11) is -2.83. The van der Waals surface area contributed by atoms with Crippen LogP contribution in [0, 0.1) is 0 Å². The van der Waals surface area contributed by atoms with Gasteiger partial charge in [-0.05, 0) is 44.5 Å². The Balaban J connectivity index is 1.95. The second-order valence-corrected chi connectivity index (χ2v) is 7.16. The number of nitrogens with one attached hydrogen (secondary N) is 1. The Morgan fingerprint density at radius 1 is 1.28 bits per heavy atom. The zero-order chi connectivity index (χ0) is 13.2. The minimum atomic E-state index is -2.83. The largest absolute Gasteiger partial charge is 0.491 e. The van der Waals surface area contributed by atoms with Crippen molar-refractivity contribution < 1.29 is 13.2 Å². The number of sulfone groups is 1. The van der Waals surface area contributed by atoms with E-state index in [2.05, 4.69) is 5.32 Å². The van der Waals surface area contributed by atoms with Crippen LogP contribution in [-0.4, -0.2) is 32.1 Å². The molecule has 5 heteroatoms. The molecule has 18 heavy (non-hydrogen) atoms. The maximum Gasteiger partial charge on any atom is 0.152 e. The number of benzene rings is 1. The summed E-state index contributed by atoms with van der Waals surface area (Å²) in [5.41, 5.74) is 0.938. The monoisotopic (exact) mass is 269 g/mol. The van der Waals surface area contributed by atoms with E-state index >= 15 is 0 Å². The Bertz CT molecular complexity index is 493. The van der Waals surface area contributed by atoms with Crippen LogP contribution in [0.3, 0.4) is 0 Å². The molecular formula is C13H19NO3S. The molecule has 1 aromatic carbocycles. The zero-order valence-corrected chi connectivity index (χ0v) is 11.5. The van der Waals surface area contributed by atoms with Crippen molar-refractivity contribution in [3.63, 3.8) is 0 Å². The number of ether oxygens (including phenoxy) is 1. The second kappa shape index (κ2) is 5.18. The highest BCUT2D eigenvalue weighted by atomic mass is 32.2. The Labute approximate surface area is 108 Å².